The van der Waals surface area contributed by atoms with Crippen molar-refractivity contribution in [1.82, 2.24) is 0 Å². The molecule has 22 heavy (non-hydrogen) atoms. The van der Waals surface area contributed by atoms with Crippen LogP contribution in [0.15, 0.2) is 30.3 Å². The summed E-state index contributed by atoms with van der Waals surface area (Å²) < 4.78 is 47.0. The molecule has 1 heterocycles. The Bertz CT molecular complexity index is 861. The highest BCUT2D eigenvalue weighted by molar-refractivity contribution is 7.21. The lowest BCUT2D eigenvalue weighted by Crippen LogP contribution is -1.99. The molecule has 0 amide bonds. The van der Waals surface area contributed by atoms with Crippen LogP contribution in [-0.2, 0) is 0 Å². The highest BCUT2D eigenvalue weighted by Gasteiger charge is 2.25. The number of thiophene rings is 1. The van der Waals surface area contributed by atoms with Gasteiger partial charge in [-0.15, -0.1) is 0 Å². The van der Waals surface area contributed by atoms with Crippen LogP contribution in [0.3, 0.4) is 0 Å². The molecule has 0 unspecified atom stereocenters. The first-order valence-corrected chi connectivity index (χ1v) is 6.95. The van der Waals surface area contributed by atoms with Gasteiger partial charge in [-0.2, -0.15) is 4.39 Å². The fourth-order valence-corrected chi connectivity index (χ4v) is 3.27. The number of rotatable bonds is 3. The lowest BCUT2D eigenvalue weighted by molar-refractivity contribution is -0.133. The van der Waals surface area contributed by atoms with Crippen LogP contribution >= 0.6 is 11.3 Å². The van der Waals surface area contributed by atoms with Crippen LogP contribution in [0.5, 0.6) is 10.8 Å². The fraction of sp³-hybridized carbons (Fsp3) is 0.0667. The maximum absolute atomic E-state index is 14.5. The number of methoxy groups -OCH3 is 1. The Labute approximate surface area is 127 Å². The number of benzene rings is 2. The van der Waals surface area contributed by atoms with E-state index in [0.29, 0.717) is 16.2 Å². The van der Waals surface area contributed by atoms with E-state index in [2.05, 4.69) is 9.62 Å². The van der Waals surface area contributed by atoms with Crippen molar-refractivity contribution in [2.24, 2.45) is 0 Å². The summed E-state index contributed by atoms with van der Waals surface area (Å²) in [6, 6.07) is 7.57. The third-order valence-electron chi connectivity index (χ3n) is 3.24. The van der Waals surface area contributed by atoms with E-state index in [1.807, 2.05) is 0 Å². The minimum Gasteiger partial charge on any atom is -0.491 e. The number of halogens is 3. The van der Waals surface area contributed by atoms with E-state index >= 15 is 0 Å². The maximum Gasteiger partial charge on any atom is 0.227 e. The monoisotopic (exact) mass is 326 g/mol. The second kappa shape index (κ2) is 5.51. The van der Waals surface area contributed by atoms with E-state index in [0.717, 1.165) is 18.4 Å². The summed E-state index contributed by atoms with van der Waals surface area (Å²) in [5.74, 6) is -4.56. The second-order valence-corrected chi connectivity index (χ2v) is 5.43. The molecule has 0 saturated carbocycles. The zero-order valence-corrected chi connectivity index (χ0v) is 12.0. The van der Waals surface area contributed by atoms with Gasteiger partial charge in [0.25, 0.3) is 0 Å². The molecule has 3 nitrogen and oxygen atoms in total. The Hall–Kier alpha value is -2.25. The summed E-state index contributed by atoms with van der Waals surface area (Å²) in [4.78, 5) is 4.28. The summed E-state index contributed by atoms with van der Waals surface area (Å²) in [5.41, 5.74) is -0.116. The van der Waals surface area contributed by atoms with Crippen molar-refractivity contribution in [3.05, 3.63) is 47.8 Å². The minimum absolute atomic E-state index is 0.0202. The van der Waals surface area contributed by atoms with E-state index in [-0.39, 0.29) is 16.2 Å². The zero-order chi connectivity index (χ0) is 15.9. The molecule has 114 valence electrons. The van der Waals surface area contributed by atoms with E-state index in [4.69, 9.17) is 5.26 Å². The predicted molar refractivity (Wildman–Crippen MR) is 76.9 cm³/mol. The highest BCUT2D eigenvalue weighted by Crippen LogP contribution is 2.46. The summed E-state index contributed by atoms with van der Waals surface area (Å²) >= 11 is 1.06. The Balaban J connectivity index is 2.39. The molecular weight excluding hydrogens is 317 g/mol. The van der Waals surface area contributed by atoms with Gasteiger partial charge in [0.05, 0.1) is 12.7 Å². The number of hydrogen-bond acceptors (Lipinski definition) is 4. The second-order valence-electron chi connectivity index (χ2n) is 4.42. The molecule has 7 heteroatoms. The van der Waals surface area contributed by atoms with Gasteiger partial charge in [0, 0.05) is 15.6 Å². The summed E-state index contributed by atoms with van der Waals surface area (Å²) in [7, 11) is 1.04. The molecule has 3 rings (SSSR count). The molecule has 0 radical (unpaired) electrons. The smallest absolute Gasteiger partial charge is 0.227 e. The van der Waals surface area contributed by atoms with Gasteiger partial charge in [-0.3, -0.25) is 0 Å². The van der Waals surface area contributed by atoms with Crippen molar-refractivity contribution in [2.75, 3.05) is 7.11 Å². The molecule has 0 bridgehead atoms. The lowest BCUT2D eigenvalue weighted by Gasteiger charge is -2.10. The number of fused-ring (bicyclic) bond motifs is 1. The van der Waals surface area contributed by atoms with Crippen LogP contribution in [0.4, 0.5) is 13.2 Å². The van der Waals surface area contributed by atoms with Gasteiger partial charge >= 0.3 is 0 Å². The van der Waals surface area contributed by atoms with Crippen LogP contribution in [0.2, 0.25) is 0 Å². The molecule has 0 atom stereocenters. The molecule has 3 aromatic rings. The Morgan fingerprint density at radius 1 is 1.09 bits per heavy atom. The molecule has 0 saturated heterocycles. The maximum atomic E-state index is 14.5. The lowest BCUT2D eigenvalue weighted by atomic mass is 10.0. The van der Waals surface area contributed by atoms with E-state index < -0.39 is 23.2 Å². The molecule has 0 fully saturated rings. The topological polar surface area (TPSA) is 38.7 Å². The van der Waals surface area contributed by atoms with Crippen LogP contribution in [0.1, 0.15) is 0 Å². The third-order valence-corrected chi connectivity index (χ3v) is 4.28. The number of ether oxygens (including phenoxy) is 1. The first-order chi connectivity index (χ1) is 10.6. The van der Waals surface area contributed by atoms with E-state index in [1.165, 1.54) is 0 Å². The highest BCUT2D eigenvalue weighted by atomic mass is 32.1. The van der Waals surface area contributed by atoms with Crippen LogP contribution in [0.25, 0.3) is 21.2 Å². The molecule has 0 spiro atoms. The SMILES string of the molecule is COc1c(F)c(F)cc(-c2c(OO)sc3ccccc23)c1F. The molecule has 1 N–H and O–H groups in total. The Morgan fingerprint density at radius 2 is 1.82 bits per heavy atom. The van der Waals surface area contributed by atoms with Gasteiger partial charge in [0.2, 0.25) is 10.9 Å². The average Bonchev–Trinajstić information content (AvgIpc) is 2.90. The van der Waals surface area contributed by atoms with Gasteiger partial charge in [0.1, 0.15) is 0 Å². The van der Waals surface area contributed by atoms with Crippen molar-refractivity contribution in [1.29, 1.82) is 0 Å². The summed E-state index contributed by atoms with van der Waals surface area (Å²) in [5, 5.41) is 9.54. The molecule has 0 aliphatic rings. The fourth-order valence-electron chi connectivity index (χ4n) is 2.28. The standard InChI is InChI=1S/C15H9F3O3S/c1-20-14-12(17)8(6-9(16)13(14)18)11-7-4-2-3-5-10(7)22-15(11)21-19/h2-6,19H,1H3. The Kier molecular flexibility index (Phi) is 3.67. The predicted octanol–water partition coefficient (Wildman–Crippen LogP) is 4.85. The minimum atomic E-state index is -1.41. The average molecular weight is 326 g/mol. The van der Waals surface area contributed by atoms with Crippen LogP contribution < -0.4 is 9.62 Å². The third kappa shape index (κ3) is 2.10. The first-order valence-electron chi connectivity index (χ1n) is 6.13. The van der Waals surface area contributed by atoms with Gasteiger partial charge in [-0.25, -0.2) is 14.0 Å². The first kappa shape index (κ1) is 14.7. The van der Waals surface area contributed by atoms with Crippen molar-refractivity contribution in [3.63, 3.8) is 0 Å². The summed E-state index contributed by atoms with van der Waals surface area (Å²) in [6.07, 6.45) is 0. The van der Waals surface area contributed by atoms with Crippen molar-refractivity contribution >= 4 is 21.4 Å². The largest absolute Gasteiger partial charge is 0.491 e. The summed E-state index contributed by atoms with van der Waals surface area (Å²) in [6.45, 7) is 0. The molecule has 2 aromatic carbocycles. The molecule has 1 aromatic heterocycles. The van der Waals surface area contributed by atoms with E-state index in [9.17, 15) is 13.2 Å². The van der Waals surface area contributed by atoms with Crippen molar-refractivity contribution < 1.29 is 28.1 Å². The molecule has 0 aliphatic heterocycles. The van der Waals surface area contributed by atoms with Crippen molar-refractivity contribution in [2.45, 2.75) is 0 Å². The zero-order valence-electron chi connectivity index (χ0n) is 11.2. The quantitative estimate of drug-likeness (QED) is 0.425. The normalized spacial score (nSPS) is 11.0. The van der Waals surface area contributed by atoms with Crippen LogP contribution in [0, 0.1) is 17.5 Å². The Morgan fingerprint density at radius 3 is 2.50 bits per heavy atom. The van der Waals surface area contributed by atoms with Gasteiger partial charge in [-0.05, 0) is 12.1 Å². The molecule has 0 aliphatic carbocycles. The van der Waals surface area contributed by atoms with Crippen LogP contribution in [-0.4, -0.2) is 12.4 Å². The van der Waals surface area contributed by atoms with E-state index in [1.54, 1.807) is 24.3 Å². The van der Waals surface area contributed by atoms with Gasteiger partial charge in [0.15, 0.2) is 17.4 Å². The molecular formula is C15H9F3O3S. The van der Waals surface area contributed by atoms with Gasteiger partial charge < -0.3 is 9.62 Å². The van der Waals surface area contributed by atoms with Gasteiger partial charge in [-0.1, -0.05) is 29.5 Å². The van der Waals surface area contributed by atoms with Crippen molar-refractivity contribution in [3.8, 4) is 21.9 Å². The number of hydrogen-bond donors (Lipinski definition) is 1.